The molecular formula is C20H26N3O3+. The number of benzene rings is 2. The average molecular weight is 356 g/mol. The van der Waals surface area contributed by atoms with Crippen molar-refractivity contribution in [2.45, 2.75) is 13.8 Å². The van der Waals surface area contributed by atoms with Crippen molar-refractivity contribution in [3.05, 3.63) is 69.8 Å². The van der Waals surface area contributed by atoms with Crippen LogP contribution in [0.3, 0.4) is 0 Å². The van der Waals surface area contributed by atoms with Gasteiger partial charge in [-0.15, -0.1) is 0 Å². The third kappa shape index (κ3) is 5.13. The van der Waals surface area contributed by atoms with Gasteiger partial charge in [0.15, 0.2) is 5.78 Å². The predicted molar refractivity (Wildman–Crippen MR) is 103 cm³/mol. The zero-order chi connectivity index (χ0) is 19.3. The summed E-state index contributed by atoms with van der Waals surface area (Å²) in [4.78, 5) is 24.9. The van der Waals surface area contributed by atoms with Crippen LogP contribution in [0.2, 0.25) is 0 Å². The van der Waals surface area contributed by atoms with Gasteiger partial charge in [0.1, 0.15) is 5.69 Å². The van der Waals surface area contributed by atoms with Gasteiger partial charge in [0.25, 0.3) is 5.69 Å². The van der Waals surface area contributed by atoms with Gasteiger partial charge < -0.3 is 10.2 Å². The van der Waals surface area contributed by atoms with Crippen molar-refractivity contribution in [1.82, 2.24) is 0 Å². The zero-order valence-corrected chi connectivity index (χ0v) is 15.7. The Morgan fingerprint density at radius 3 is 2.35 bits per heavy atom. The van der Waals surface area contributed by atoms with Crippen LogP contribution in [-0.2, 0) is 0 Å². The summed E-state index contributed by atoms with van der Waals surface area (Å²) in [6.45, 7) is 5.77. The van der Waals surface area contributed by atoms with Crippen molar-refractivity contribution < 1.29 is 14.6 Å². The van der Waals surface area contributed by atoms with Crippen LogP contribution >= 0.6 is 0 Å². The first kappa shape index (κ1) is 19.6. The Balaban J connectivity index is 2.24. The first-order valence-corrected chi connectivity index (χ1v) is 8.61. The molecule has 0 spiro atoms. The Hall–Kier alpha value is -2.73. The van der Waals surface area contributed by atoms with Crippen molar-refractivity contribution in [3.63, 3.8) is 0 Å². The van der Waals surface area contributed by atoms with E-state index >= 15 is 0 Å². The Labute approximate surface area is 154 Å². The summed E-state index contributed by atoms with van der Waals surface area (Å²) in [7, 11) is 4.16. The molecule has 0 bridgehead atoms. The number of nitro groups is 1. The summed E-state index contributed by atoms with van der Waals surface area (Å²) in [6, 6.07) is 13.4. The van der Waals surface area contributed by atoms with Crippen LogP contribution in [0.4, 0.5) is 11.4 Å². The molecule has 0 unspecified atom stereocenters. The normalized spacial score (nSPS) is 11.4. The van der Waals surface area contributed by atoms with E-state index in [2.05, 4.69) is 33.3 Å². The Morgan fingerprint density at radius 2 is 1.77 bits per heavy atom. The molecule has 6 heteroatoms. The molecule has 0 radical (unpaired) electrons. The van der Waals surface area contributed by atoms with E-state index in [1.165, 1.54) is 11.0 Å². The first-order chi connectivity index (χ1) is 12.2. The molecule has 6 nitrogen and oxygen atoms in total. The fraction of sp³-hybridized carbons (Fsp3) is 0.350. The van der Waals surface area contributed by atoms with E-state index in [1.807, 2.05) is 6.07 Å². The number of anilines is 1. The van der Waals surface area contributed by atoms with Crippen LogP contribution in [0.1, 0.15) is 29.8 Å². The number of ketones is 1. The molecule has 0 atom stereocenters. The molecule has 0 aliphatic carbocycles. The van der Waals surface area contributed by atoms with E-state index in [-0.39, 0.29) is 16.9 Å². The third-order valence-corrected chi connectivity index (χ3v) is 4.08. The van der Waals surface area contributed by atoms with E-state index in [4.69, 9.17) is 0 Å². The molecule has 0 heterocycles. The van der Waals surface area contributed by atoms with Gasteiger partial charge in [0.05, 0.1) is 25.6 Å². The van der Waals surface area contributed by atoms with E-state index in [1.54, 1.807) is 36.4 Å². The highest BCUT2D eigenvalue weighted by Crippen LogP contribution is 2.28. The molecule has 0 saturated carbocycles. The van der Waals surface area contributed by atoms with Gasteiger partial charge >= 0.3 is 0 Å². The lowest BCUT2D eigenvalue weighted by Crippen LogP contribution is -3.07. The first-order valence-electron chi connectivity index (χ1n) is 8.61. The third-order valence-electron chi connectivity index (χ3n) is 4.08. The van der Waals surface area contributed by atoms with Crippen LogP contribution in [-0.4, -0.2) is 37.9 Å². The highest BCUT2D eigenvalue weighted by molar-refractivity contribution is 6.09. The van der Waals surface area contributed by atoms with Crippen molar-refractivity contribution in [2.24, 2.45) is 5.41 Å². The monoisotopic (exact) mass is 356 g/mol. The van der Waals surface area contributed by atoms with Crippen molar-refractivity contribution in [3.8, 4) is 0 Å². The minimum absolute atomic E-state index is 0.0226. The molecular weight excluding hydrogens is 330 g/mol. The lowest BCUT2D eigenvalue weighted by atomic mass is 9.92. The molecule has 26 heavy (non-hydrogen) atoms. The summed E-state index contributed by atoms with van der Waals surface area (Å²) in [5, 5.41) is 14.7. The molecule has 138 valence electrons. The van der Waals surface area contributed by atoms with Crippen molar-refractivity contribution >= 4 is 17.2 Å². The molecule has 0 saturated heterocycles. The summed E-state index contributed by atoms with van der Waals surface area (Å²) in [5.74, 6) is -0.225. The van der Waals surface area contributed by atoms with Gasteiger partial charge in [0, 0.05) is 29.2 Å². The van der Waals surface area contributed by atoms with E-state index in [9.17, 15) is 14.9 Å². The van der Waals surface area contributed by atoms with Gasteiger partial charge in [-0.2, -0.15) is 0 Å². The van der Waals surface area contributed by atoms with Crippen LogP contribution in [0.25, 0.3) is 0 Å². The van der Waals surface area contributed by atoms with E-state index in [0.717, 1.165) is 6.54 Å². The minimum atomic E-state index is -0.450. The minimum Gasteiger partial charge on any atom is -0.379 e. The molecule has 2 aromatic carbocycles. The largest absolute Gasteiger partial charge is 0.379 e. The number of nitro benzene ring substituents is 1. The average Bonchev–Trinajstić information content (AvgIpc) is 2.59. The molecule has 0 fully saturated rings. The maximum Gasteiger partial charge on any atom is 0.293 e. The standard InChI is InChI=1S/C20H25N3O3/c1-20(2,14-22(3)4)13-21-17-11-10-16(12-18(17)23(25)26)19(24)15-8-6-5-7-9-15/h5-12,21H,13-14H2,1-4H3/p+1. The topological polar surface area (TPSA) is 76.7 Å². The summed E-state index contributed by atoms with van der Waals surface area (Å²) < 4.78 is 0. The quantitative estimate of drug-likeness (QED) is 0.433. The number of quaternary nitrogens is 1. The molecule has 2 N–H and O–H groups in total. The predicted octanol–water partition coefficient (Wildman–Crippen LogP) is 2.41. The zero-order valence-electron chi connectivity index (χ0n) is 15.7. The summed E-state index contributed by atoms with van der Waals surface area (Å²) in [5.41, 5.74) is 1.15. The fourth-order valence-electron chi connectivity index (χ4n) is 3.08. The highest BCUT2D eigenvalue weighted by atomic mass is 16.6. The Bertz CT molecular complexity index is 786. The second-order valence-electron chi connectivity index (χ2n) is 7.59. The molecule has 0 amide bonds. The molecule has 0 aromatic heterocycles. The number of nitrogens with zero attached hydrogens (tertiary/aromatic N) is 1. The Morgan fingerprint density at radius 1 is 1.12 bits per heavy atom. The van der Waals surface area contributed by atoms with Gasteiger partial charge in [-0.25, -0.2) is 0 Å². The Kier molecular flexibility index (Phi) is 6.10. The number of nitrogens with one attached hydrogen (secondary N) is 2. The SMILES string of the molecule is C[NH+](C)CC(C)(C)CNc1ccc(C(=O)c2ccccc2)cc1[N+](=O)[O-]. The molecule has 2 aromatic rings. The van der Waals surface area contributed by atoms with Crippen LogP contribution in [0.15, 0.2) is 48.5 Å². The fourth-order valence-corrected chi connectivity index (χ4v) is 3.08. The second kappa shape index (κ2) is 8.10. The second-order valence-corrected chi connectivity index (χ2v) is 7.59. The van der Waals surface area contributed by atoms with Crippen LogP contribution in [0, 0.1) is 15.5 Å². The van der Waals surface area contributed by atoms with Crippen molar-refractivity contribution in [2.75, 3.05) is 32.5 Å². The van der Waals surface area contributed by atoms with Gasteiger partial charge in [-0.3, -0.25) is 14.9 Å². The number of rotatable bonds is 8. The molecule has 0 aliphatic heterocycles. The highest BCUT2D eigenvalue weighted by Gasteiger charge is 2.24. The number of carbonyl (C=O) groups excluding carboxylic acids is 1. The van der Waals surface area contributed by atoms with E-state index in [0.29, 0.717) is 23.4 Å². The van der Waals surface area contributed by atoms with Gasteiger partial charge in [0.2, 0.25) is 0 Å². The lowest BCUT2D eigenvalue weighted by Gasteiger charge is -2.26. The van der Waals surface area contributed by atoms with Crippen molar-refractivity contribution in [1.29, 1.82) is 0 Å². The maximum atomic E-state index is 12.5. The lowest BCUT2D eigenvalue weighted by molar-refractivity contribution is -0.865. The smallest absolute Gasteiger partial charge is 0.293 e. The number of hydrogen-bond donors (Lipinski definition) is 2. The summed E-state index contributed by atoms with van der Waals surface area (Å²) >= 11 is 0. The maximum absolute atomic E-state index is 12.5. The summed E-state index contributed by atoms with van der Waals surface area (Å²) in [6.07, 6.45) is 0. The van der Waals surface area contributed by atoms with Gasteiger partial charge in [-0.05, 0) is 12.1 Å². The molecule has 2 rings (SSSR count). The van der Waals surface area contributed by atoms with E-state index < -0.39 is 4.92 Å². The van der Waals surface area contributed by atoms with Crippen LogP contribution < -0.4 is 10.2 Å². The van der Waals surface area contributed by atoms with Crippen LogP contribution in [0.5, 0.6) is 0 Å². The molecule has 0 aliphatic rings. The number of hydrogen-bond acceptors (Lipinski definition) is 4. The number of carbonyl (C=O) groups is 1. The van der Waals surface area contributed by atoms with Gasteiger partial charge in [-0.1, -0.05) is 44.2 Å².